The van der Waals surface area contributed by atoms with Crippen LogP contribution in [0.2, 0.25) is 0 Å². The fourth-order valence-corrected chi connectivity index (χ4v) is 4.76. The van der Waals surface area contributed by atoms with Crippen LogP contribution in [0.4, 0.5) is 0 Å². The van der Waals surface area contributed by atoms with Crippen LogP contribution < -0.4 is 5.56 Å². The number of cyclic esters (lactones) is 1. The Morgan fingerprint density at radius 1 is 1.32 bits per heavy atom. The summed E-state index contributed by atoms with van der Waals surface area (Å²) in [6.45, 7) is 2.26. The fourth-order valence-electron chi connectivity index (χ4n) is 4.29. The number of ether oxygens (including phenoxy) is 2. The molecule has 0 bridgehead atoms. The molecule has 142 valence electrons. The zero-order valence-corrected chi connectivity index (χ0v) is 17.0. The van der Waals surface area contributed by atoms with Crippen LogP contribution in [0.3, 0.4) is 0 Å². The van der Waals surface area contributed by atoms with Crippen LogP contribution in [0.25, 0.3) is 22.3 Å². The molecule has 2 aliphatic rings. The Balaban J connectivity index is 1.81. The topological polar surface area (TPSA) is 70.4 Å². The maximum absolute atomic E-state index is 13.2. The van der Waals surface area contributed by atoms with E-state index in [4.69, 9.17) is 14.5 Å². The summed E-state index contributed by atoms with van der Waals surface area (Å²) < 4.78 is 13.6. The van der Waals surface area contributed by atoms with Crippen LogP contribution in [0.15, 0.2) is 39.6 Å². The molecule has 5 rings (SSSR count). The van der Waals surface area contributed by atoms with E-state index in [2.05, 4.69) is 22.0 Å². The lowest BCUT2D eigenvalue weighted by Crippen LogP contribution is -2.45. The molecule has 0 unspecified atom stereocenters. The molecule has 0 aliphatic carbocycles. The average Bonchev–Trinajstić information content (AvgIpc) is 3.06. The Morgan fingerprint density at radius 2 is 2.14 bits per heavy atom. The average molecular weight is 441 g/mol. The van der Waals surface area contributed by atoms with Gasteiger partial charge in [0.15, 0.2) is 5.60 Å². The van der Waals surface area contributed by atoms with Gasteiger partial charge in [-0.15, -0.1) is 0 Å². The summed E-state index contributed by atoms with van der Waals surface area (Å²) in [4.78, 5) is 30.6. The zero-order valence-electron chi connectivity index (χ0n) is 15.4. The minimum atomic E-state index is -1.26. The molecule has 4 heterocycles. The molecule has 2 aromatic heterocycles. The van der Waals surface area contributed by atoms with Crippen molar-refractivity contribution >= 4 is 32.8 Å². The highest BCUT2D eigenvalue weighted by Crippen LogP contribution is 2.40. The number of hydrogen-bond acceptors (Lipinski definition) is 5. The highest BCUT2D eigenvalue weighted by molar-refractivity contribution is 9.10. The molecule has 0 spiro atoms. The number of carbonyl (C=O) groups is 1. The van der Waals surface area contributed by atoms with E-state index in [9.17, 15) is 9.59 Å². The number of esters is 1. The number of pyridine rings is 2. The smallest absolute Gasteiger partial charge is 0.343 e. The SMILES string of the molecule is CC[C@@]1(OC)C(=O)OCc2c1cc1n(c2=O)Cc2cc3c(Br)cccc3nc2-1. The van der Waals surface area contributed by atoms with Crippen molar-refractivity contribution in [2.75, 3.05) is 7.11 Å². The van der Waals surface area contributed by atoms with E-state index >= 15 is 0 Å². The van der Waals surface area contributed by atoms with Crippen molar-refractivity contribution < 1.29 is 14.3 Å². The third-order valence-corrected chi connectivity index (χ3v) is 6.51. The molecule has 3 aromatic rings. The van der Waals surface area contributed by atoms with Gasteiger partial charge in [-0.1, -0.05) is 28.9 Å². The third kappa shape index (κ3) is 2.14. The first-order chi connectivity index (χ1) is 13.5. The largest absolute Gasteiger partial charge is 0.458 e. The minimum Gasteiger partial charge on any atom is -0.458 e. The molecule has 1 aromatic carbocycles. The number of aromatic nitrogens is 2. The molecule has 7 heteroatoms. The fraction of sp³-hybridized carbons (Fsp3) is 0.286. The highest BCUT2D eigenvalue weighted by Gasteiger charge is 2.47. The molecular formula is C21H17BrN2O4. The minimum absolute atomic E-state index is 0.0321. The normalized spacial score (nSPS) is 19.9. The Bertz CT molecular complexity index is 1230. The van der Waals surface area contributed by atoms with Gasteiger partial charge in [0.25, 0.3) is 5.56 Å². The summed E-state index contributed by atoms with van der Waals surface area (Å²) in [6, 6.07) is 9.80. The Morgan fingerprint density at radius 3 is 2.89 bits per heavy atom. The molecule has 6 nitrogen and oxygen atoms in total. The van der Waals surface area contributed by atoms with Crippen molar-refractivity contribution in [3.05, 3.63) is 61.8 Å². The van der Waals surface area contributed by atoms with Gasteiger partial charge in [-0.3, -0.25) is 4.79 Å². The number of nitrogens with zero attached hydrogens (tertiary/aromatic N) is 2. The summed E-state index contributed by atoms with van der Waals surface area (Å²) in [5.41, 5.74) is 2.96. The van der Waals surface area contributed by atoms with Crippen LogP contribution in [-0.4, -0.2) is 22.6 Å². The van der Waals surface area contributed by atoms with Crippen molar-refractivity contribution in [2.24, 2.45) is 0 Å². The lowest BCUT2D eigenvalue weighted by atomic mass is 9.85. The Hall–Kier alpha value is -2.51. The van der Waals surface area contributed by atoms with E-state index in [-0.39, 0.29) is 12.2 Å². The molecule has 0 saturated carbocycles. The van der Waals surface area contributed by atoms with Crippen LogP contribution in [0, 0.1) is 0 Å². The Labute approximate surface area is 169 Å². The second-order valence-electron chi connectivity index (χ2n) is 7.08. The maximum Gasteiger partial charge on any atom is 0.343 e. The predicted octanol–water partition coefficient (Wildman–Crippen LogP) is 3.50. The van der Waals surface area contributed by atoms with Crippen LogP contribution >= 0.6 is 15.9 Å². The highest BCUT2D eigenvalue weighted by atomic mass is 79.9. The van der Waals surface area contributed by atoms with Gasteiger partial charge in [0.2, 0.25) is 0 Å². The first-order valence-corrected chi connectivity index (χ1v) is 9.87. The van der Waals surface area contributed by atoms with Crippen molar-refractivity contribution in [2.45, 2.75) is 32.1 Å². The van der Waals surface area contributed by atoms with Crippen molar-refractivity contribution in [1.82, 2.24) is 9.55 Å². The number of fused-ring (bicyclic) bond motifs is 5. The van der Waals surface area contributed by atoms with Gasteiger partial charge in [-0.25, -0.2) is 9.78 Å². The predicted molar refractivity (Wildman–Crippen MR) is 107 cm³/mol. The number of halogens is 1. The lowest BCUT2D eigenvalue weighted by molar-refractivity contribution is -0.176. The zero-order chi connectivity index (χ0) is 19.6. The van der Waals surface area contributed by atoms with Crippen LogP contribution in [-0.2, 0) is 33.0 Å². The molecule has 0 amide bonds. The van der Waals surface area contributed by atoms with Gasteiger partial charge in [0.05, 0.1) is 29.0 Å². The molecule has 0 fully saturated rings. The van der Waals surface area contributed by atoms with Crippen molar-refractivity contribution in [1.29, 1.82) is 0 Å². The molecule has 0 saturated heterocycles. The van der Waals surface area contributed by atoms with Gasteiger partial charge >= 0.3 is 5.97 Å². The second kappa shape index (κ2) is 5.99. The van der Waals surface area contributed by atoms with E-state index in [0.29, 0.717) is 29.8 Å². The summed E-state index contributed by atoms with van der Waals surface area (Å²) >= 11 is 3.57. The number of rotatable bonds is 2. The lowest BCUT2D eigenvalue weighted by Gasteiger charge is -2.34. The summed E-state index contributed by atoms with van der Waals surface area (Å²) in [5.74, 6) is -0.456. The van der Waals surface area contributed by atoms with E-state index < -0.39 is 11.6 Å². The van der Waals surface area contributed by atoms with E-state index in [1.54, 1.807) is 4.57 Å². The first kappa shape index (κ1) is 17.6. The molecule has 0 N–H and O–H groups in total. The summed E-state index contributed by atoms with van der Waals surface area (Å²) in [7, 11) is 1.47. The van der Waals surface area contributed by atoms with Crippen molar-refractivity contribution in [3.63, 3.8) is 0 Å². The van der Waals surface area contributed by atoms with E-state index in [1.165, 1.54) is 7.11 Å². The van der Waals surface area contributed by atoms with Gasteiger partial charge in [0, 0.05) is 28.1 Å². The number of methoxy groups -OCH3 is 1. The summed E-state index contributed by atoms with van der Waals surface area (Å²) in [6.07, 6.45) is 0.378. The second-order valence-corrected chi connectivity index (χ2v) is 7.93. The molecular weight excluding hydrogens is 424 g/mol. The van der Waals surface area contributed by atoms with Gasteiger partial charge < -0.3 is 14.0 Å². The first-order valence-electron chi connectivity index (χ1n) is 9.08. The maximum atomic E-state index is 13.2. The van der Waals surface area contributed by atoms with Gasteiger partial charge in [0.1, 0.15) is 6.61 Å². The van der Waals surface area contributed by atoms with Gasteiger partial charge in [-0.05, 0) is 30.7 Å². The molecule has 28 heavy (non-hydrogen) atoms. The van der Waals surface area contributed by atoms with E-state index in [1.807, 2.05) is 31.2 Å². The van der Waals surface area contributed by atoms with E-state index in [0.717, 1.165) is 26.6 Å². The summed E-state index contributed by atoms with van der Waals surface area (Å²) in [5, 5.41) is 1.00. The quantitative estimate of drug-likeness (QED) is 0.446. The number of hydrogen-bond donors (Lipinski definition) is 0. The number of benzene rings is 1. The standard InChI is InChI=1S/C21H17BrN2O4/c1-3-21(27-2)14-8-17-18-11(7-12-15(22)5-4-6-16(12)23-18)9-24(17)19(25)13(14)10-28-20(21)26/h4-8H,3,9-10H2,1-2H3/t21-/m0/s1. The monoisotopic (exact) mass is 440 g/mol. The third-order valence-electron chi connectivity index (χ3n) is 5.82. The Kier molecular flexibility index (Phi) is 3.76. The molecule has 0 radical (unpaired) electrons. The van der Waals surface area contributed by atoms with Crippen LogP contribution in [0.1, 0.15) is 30.0 Å². The van der Waals surface area contributed by atoms with Crippen LogP contribution in [0.5, 0.6) is 0 Å². The molecule has 2 aliphatic heterocycles. The van der Waals surface area contributed by atoms with Crippen molar-refractivity contribution in [3.8, 4) is 11.4 Å². The van der Waals surface area contributed by atoms with Gasteiger partial charge in [-0.2, -0.15) is 0 Å². The molecule has 1 atom stereocenters. The number of carbonyl (C=O) groups excluding carboxylic acids is 1.